The fourth-order valence-electron chi connectivity index (χ4n) is 6.02. The van der Waals surface area contributed by atoms with Gasteiger partial charge in [-0.1, -0.05) is 93.6 Å². The van der Waals surface area contributed by atoms with Gasteiger partial charge in [0, 0.05) is 11.8 Å². The van der Waals surface area contributed by atoms with Crippen molar-refractivity contribution in [1.82, 2.24) is 9.55 Å². The summed E-state index contributed by atoms with van der Waals surface area (Å²) >= 11 is 0. The van der Waals surface area contributed by atoms with Crippen molar-refractivity contribution in [3.05, 3.63) is 146 Å². The van der Waals surface area contributed by atoms with E-state index in [1.165, 1.54) is 37.3 Å². The Bertz CT molecular complexity index is 2060. The summed E-state index contributed by atoms with van der Waals surface area (Å²) in [5, 5.41) is 0. The maximum atomic E-state index is 14.1. The van der Waals surface area contributed by atoms with E-state index in [-0.39, 0.29) is 34.6 Å². The summed E-state index contributed by atoms with van der Waals surface area (Å²) in [5.74, 6) is -3.10. The molecule has 288 valence electrons. The van der Waals surface area contributed by atoms with Crippen LogP contribution in [0.5, 0.6) is 0 Å². The maximum absolute atomic E-state index is 14.1. The molecule has 1 saturated heterocycles. The van der Waals surface area contributed by atoms with E-state index < -0.39 is 66.3 Å². The second-order valence-corrected chi connectivity index (χ2v) is 12.9. The molecule has 1 aliphatic heterocycles. The molecule has 0 bridgehead atoms. The van der Waals surface area contributed by atoms with Crippen LogP contribution in [0.4, 0.5) is 0 Å². The molecular weight excluding hydrogens is 708 g/mol. The topological polar surface area (TPSA) is 169 Å². The number of carbonyl (C=O) groups is 4. The minimum Gasteiger partial charge on any atom is -0.463 e. The van der Waals surface area contributed by atoms with Gasteiger partial charge in [-0.25, -0.2) is 28.5 Å². The van der Waals surface area contributed by atoms with Crippen molar-refractivity contribution < 1.29 is 42.9 Å². The van der Waals surface area contributed by atoms with Gasteiger partial charge >= 0.3 is 29.6 Å². The summed E-state index contributed by atoms with van der Waals surface area (Å²) in [6.07, 6.45) is 2.27. The summed E-state index contributed by atoms with van der Waals surface area (Å²) in [6, 6.07) is 24.0. The number of unbranched alkanes of at least 4 members (excludes halogenated alkanes) is 5. The van der Waals surface area contributed by atoms with E-state index in [4.69, 9.17) is 23.7 Å². The standard InChI is InChI=1S/C42H44N2O11/c1-3-4-5-6-7-17-26-51-34(45)25-24-32-28(2)43-42(50)44(37(32)46)38-36(55-41(49)31-22-15-10-16-23-31)35(54-40(48)30-20-13-9-14-21-30)33(53-38)27-52-39(47)29-18-11-8-12-19-29/h8-16,18-25,33,35-36,38H,3-7,17,26-27H2,1-2H3,(H,43,50)/b25-24+/t33-,35-,36+,38-/m1/s1. The van der Waals surface area contributed by atoms with Gasteiger partial charge in [-0.3, -0.25) is 4.79 Å². The number of nitrogens with one attached hydrogen (secondary N) is 1. The minimum absolute atomic E-state index is 0.0790. The van der Waals surface area contributed by atoms with Crippen molar-refractivity contribution in [1.29, 1.82) is 0 Å². The summed E-state index contributed by atoms with van der Waals surface area (Å²) in [5.41, 5.74) is -1.27. The van der Waals surface area contributed by atoms with Crippen molar-refractivity contribution in [2.24, 2.45) is 0 Å². The number of nitrogens with zero attached hydrogens (tertiary/aromatic N) is 1. The molecule has 0 aliphatic carbocycles. The van der Waals surface area contributed by atoms with Crippen LogP contribution in [-0.4, -0.2) is 65.0 Å². The molecule has 0 unspecified atom stereocenters. The largest absolute Gasteiger partial charge is 0.463 e. The van der Waals surface area contributed by atoms with Crippen molar-refractivity contribution in [2.45, 2.75) is 76.9 Å². The van der Waals surface area contributed by atoms with Gasteiger partial charge in [-0.2, -0.15) is 0 Å². The fourth-order valence-corrected chi connectivity index (χ4v) is 6.02. The Balaban J connectivity index is 1.48. The van der Waals surface area contributed by atoms with Gasteiger partial charge in [-0.15, -0.1) is 0 Å². The Morgan fingerprint density at radius 1 is 0.709 bits per heavy atom. The Kier molecular flexibility index (Phi) is 14.5. The molecule has 0 amide bonds. The monoisotopic (exact) mass is 752 g/mol. The van der Waals surface area contributed by atoms with Crippen LogP contribution < -0.4 is 11.2 Å². The predicted molar refractivity (Wildman–Crippen MR) is 201 cm³/mol. The van der Waals surface area contributed by atoms with Crippen molar-refractivity contribution in [3.63, 3.8) is 0 Å². The molecule has 3 aromatic carbocycles. The predicted octanol–water partition coefficient (Wildman–Crippen LogP) is 5.97. The van der Waals surface area contributed by atoms with Gasteiger partial charge in [0.25, 0.3) is 5.56 Å². The lowest BCUT2D eigenvalue weighted by atomic mass is 10.1. The van der Waals surface area contributed by atoms with Crippen molar-refractivity contribution >= 4 is 30.0 Å². The summed E-state index contributed by atoms with van der Waals surface area (Å²) in [6.45, 7) is 3.31. The third kappa shape index (κ3) is 10.8. The van der Waals surface area contributed by atoms with E-state index in [0.29, 0.717) is 11.0 Å². The average Bonchev–Trinajstić information content (AvgIpc) is 3.52. The number of hydrogen-bond donors (Lipinski definition) is 1. The zero-order valence-corrected chi connectivity index (χ0v) is 30.7. The van der Waals surface area contributed by atoms with Gasteiger partial charge in [0.05, 0.1) is 28.9 Å². The molecule has 4 aromatic rings. The Morgan fingerprint density at radius 2 is 1.24 bits per heavy atom. The van der Waals surface area contributed by atoms with Crippen LogP contribution in [0.1, 0.15) is 94.0 Å². The average molecular weight is 753 g/mol. The number of ether oxygens (including phenoxy) is 5. The van der Waals surface area contributed by atoms with Gasteiger partial charge in [0.15, 0.2) is 18.4 Å². The molecular formula is C42H44N2O11. The first kappa shape index (κ1) is 40.1. The first-order valence-electron chi connectivity index (χ1n) is 18.3. The summed E-state index contributed by atoms with van der Waals surface area (Å²) in [7, 11) is 0. The van der Waals surface area contributed by atoms with Crippen molar-refractivity contribution in [3.8, 4) is 0 Å². The van der Waals surface area contributed by atoms with Crippen LogP contribution in [0.25, 0.3) is 6.08 Å². The van der Waals surface area contributed by atoms with Crippen LogP contribution in [0.15, 0.2) is 107 Å². The van der Waals surface area contributed by atoms with Crippen LogP contribution >= 0.6 is 0 Å². The Labute approximate surface area is 317 Å². The summed E-state index contributed by atoms with van der Waals surface area (Å²) in [4.78, 5) is 82.9. The Morgan fingerprint density at radius 3 is 1.82 bits per heavy atom. The first-order chi connectivity index (χ1) is 26.7. The molecule has 0 spiro atoms. The van der Waals surface area contributed by atoms with Gasteiger partial charge in [0.1, 0.15) is 12.7 Å². The second kappa shape index (κ2) is 19.8. The number of hydrogen-bond acceptors (Lipinski definition) is 11. The maximum Gasteiger partial charge on any atom is 0.338 e. The smallest absolute Gasteiger partial charge is 0.338 e. The van der Waals surface area contributed by atoms with Gasteiger partial charge in [0.2, 0.25) is 0 Å². The molecule has 1 N–H and O–H groups in total. The Hall–Kier alpha value is -6.08. The number of aryl methyl sites for hydroxylation is 1. The highest BCUT2D eigenvalue weighted by molar-refractivity contribution is 5.91. The quantitative estimate of drug-likeness (QED) is 0.0584. The number of H-pyrrole nitrogens is 1. The van der Waals surface area contributed by atoms with Gasteiger partial charge < -0.3 is 28.7 Å². The van der Waals surface area contributed by atoms with E-state index in [1.807, 2.05) is 0 Å². The van der Waals surface area contributed by atoms with E-state index in [1.54, 1.807) is 66.7 Å². The highest BCUT2D eigenvalue weighted by Gasteiger charge is 2.52. The normalized spacial score (nSPS) is 17.8. The van der Waals surface area contributed by atoms with Crippen LogP contribution in [0.3, 0.4) is 0 Å². The molecule has 1 aromatic heterocycles. The first-order valence-corrected chi connectivity index (χ1v) is 18.3. The molecule has 0 radical (unpaired) electrons. The number of aromatic amines is 1. The number of carbonyl (C=O) groups excluding carboxylic acids is 4. The number of rotatable bonds is 17. The van der Waals surface area contributed by atoms with Crippen LogP contribution in [0, 0.1) is 6.92 Å². The fraction of sp³-hybridized carbons (Fsp3) is 0.333. The lowest BCUT2D eigenvalue weighted by Gasteiger charge is -2.25. The SMILES string of the molecule is CCCCCCCCOC(=O)/C=C/c1c(C)[nH]c(=O)n([C@@H]2O[C@H](COC(=O)c3ccccc3)[C@@H](OC(=O)c3ccccc3)[C@@H]2OC(=O)c2ccccc2)c1=O. The molecule has 1 fully saturated rings. The summed E-state index contributed by atoms with van der Waals surface area (Å²) < 4.78 is 29.6. The highest BCUT2D eigenvalue weighted by atomic mass is 16.7. The lowest BCUT2D eigenvalue weighted by Crippen LogP contribution is -2.46. The molecule has 5 rings (SSSR count). The molecule has 13 nitrogen and oxygen atoms in total. The lowest BCUT2D eigenvalue weighted by molar-refractivity contribution is -0.137. The van der Waals surface area contributed by atoms with E-state index >= 15 is 0 Å². The highest BCUT2D eigenvalue weighted by Crippen LogP contribution is 2.34. The van der Waals surface area contributed by atoms with E-state index in [9.17, 15) is 28.8 Å². The van der Waals surface area contributed by atoms with E-state index in [2.05, 4.69) is 11.9 Å². The molecule has 4 atom stereocenters. The third-order valence-electron chi connectivity index (χ3n) is 8.93. The molecule has 55 heavy (non-hydrogen) atoms. The third-order valence-corrected chi connectivity index (χ3v) is 8.93. The minimum atomic E-state index is -1.69. The molecule has 13 heteroatoms. The van der Waals surface area contributed by atoms with Crippen LogP contribution in [-0.2, 0) is 28.5 Å². The van der Waals surface area contributed by atoms with Crippen molar-refractivity contribution in [2.75, 3.05) is 13.2 Å². The molecule has 1 aliphatic rings. The van der Waals surface area contributed by atoms with Gasteiger partial charge in [-0.05, 0) is 55.8 Å². The van der Waals surface area contributed by atoms with Crippen LogP contribution in [0.2, 0.25) is 0 Å². The number of aromatic nitrogens is 2. The number of esters is 4. The zero-order valence-electron chi connectivity index (χ0n) is 30.7. The van der Waals surface area contributed by atoms with E-state index in [0.717, 1.165) is 38.2 Å². The zero-order chi connectivity index (χ0) is 39.2. The second-order valence-electron chi connectivity index (χ2n) is 12.9. The molecule has 0 saturated carbocycles. The number of benzene rings is 3. The molecule has 2 heterocycles.